The van der Waals surface area contributed by atoms with Crippen LogP contribution in [0.4, 0.5) is 5.82 Å². The minimum absolute atomic E-state index is 0.0745. The molecular formula is C11H15N3O6. The first-order valence-corrected chi connectivity index (χ1v) is 5.93. The maximum atomic E-state index is 11.8. The summed E-state index contributed by atoms with van der Waals surface area (Å²) in [5, 5.41) is 30.8. The SMILES string of the molecule is CC(=O)Nc1ccn([C@H]2O[C@@H](CO)[C@H](O)[C@@H]2O)c(=O)n1. The highest BCUT2D eigenvalue weighted by molar-refractivity contribution is 5.87. The minimum Gasteiger partial charge on any atom is -0.394 e. The minimum atomic E-state index is -1.36. The molecule has 2 heterocycles. The average molecular weight is 285 g/mol. The van der Waals surface area contributed by atoms with Gasteiger partial charge in [-0.25, -0.2) is 4.79 Å². The first kappa shape index (κ1) is 14.6. The molecular weight excluding hydrogens is 270 g/mol. The zero-order chi connectivity index (χ0) is 14.9. The number of carbonyl (C=O) groups excluding carboxylic acids is 1. The first-order valence-electron chi connectivity index (χ1n) is 5.93. The molecule has 110 valence electrons. The maximum absolute atomic E-state index is 11.8. The Morgan fingerprint density at radius 3 is 2.70 bits per heavy atom. The second kappa shape index (κ2) is 5.67. The van der Waals surface area contributed by atoms with Crippen LogP contribution in [0.2, 0.25) is 0 Å². The number of carbonyl (C=O) groups is 1. The molecule has 1 aliphatic rings. The fourth-order valence-corrected chi connectivity index (χ4v) is 1.97. The quantitative estimate of drug-likeness (QED) is 0.495. The van der Waals surface area contributed by atoms with Crippen LogP contribution in [0, 0.1) is 0 Å². The van der Waals surface area contributed by atoms with Gasteiger partial charge in [0.25, 0.3) is 0 Å². The molecule has 20 heavy (non-hydrogen) atoms. The van der Waals surface area contributed by atoms with Gasteiger partial charge >= 0.3 is 5.69 Å². The molecule has 0 spiro atoms. The van der Waals surface area contributed by atoms with E-state index in [0.717, 1.165) is 4.57 Å². The Hall–Kier alpha value is -1.81. The predicted octanol–water partition coefficient (Wildman–Crippen LogP) is -2.19. The standard InChI is InChI=1S/C11H15N3O6/c1-5(16)12-7-2-3-14(11(19)13-7)10-9(18)8(17)6(4-15)20-10/h2-3,6,8-10,15,17-18H,4H2,1H3,(H,12,13,16,19)/t6-,8-,9-,10-/m0/s1. The lowest BCUT2D eigenvalue weighted by molar-refractivity contribution is -0.114. The molecule has 1 aliphatic heterocycles. The third kappa shape index (κ3) is 2.70. The molecule has 9 nitrogen and oxygen atoms in total. The zero-order valence-electron chi connectivity index (χ0n) is 10.6. The normalized spacial score (nSPS) is 29.4. The van der Waals surface area contributed by atoms with Crippen molar-refractivity contribution in [2.24, 2.45) is 0 Å². The van der Waals surface area contributed by atoms with Gasteiger partial charge in [-0.15, -0.1) is 0 Å². The van der Waals surface area contributed by atoms with Crippen molar-refractivity contribution in [1.29, 1.82) is 0 Å². The molecule has 0 aliphatic carbocycles. The Morgan fingerprint density at radius 2 is 2.20 bits per heavy atom. The molecule has 0 saturated carbocycles. The molecule has 1 fully saturated rings. The highest BCUT2D eigenvalue weighted by Crippen LogP contribution is 2.27. The number of hydrogen-bond donors (Lipinski definition) is 4. The van der Waals surface area contributed by atoms with E-state index in [9.17, 15) is 19.8 Å². The zero-order valence-corrected chi connectivity index (χ0v) is 10.6. The van der Waals surface area contributed by atoms with Crippen LogP contribution in [0.1, 0.15) is 13.2 Å². The second-order valence-corrected chi connectivity index (χ2v) is 4.41. The first-order chi connectivity index (χ1) is 9.43. The Balaban J connectivity index is 2.26. The summed E-state index contributed by atoms with van der Waals surface area (Å²) in [5.74, 6) is -0.298. The fraction of sp³-hybridized carbons (Fsp3) is 0.545. The number of rotatable bonds is 3. The Morgan fingerprint density at radius 1 is 1.50 bits per heavy atom. The van der Waals surface area contributed by atoms with Gasteiger partial charge in [0.1, 0.15) is 24.1 Å². The average Bonchev–Trinajstić information content (AvgIpc) is 2.66. The van der Waals surface area contributed by atoms with Gasteiger partial charge in [-0.2, -0.15) is 4.98 Å². The van der Waals surface area contributed by atoms with E-state index >= 15 is 0 Å². The third-order valence-electron chi connectivity index (χ3n) is 2.93. The van der Waals surface area contributed by atoms with E-state index in [1.54, 1.807) is 0 Å². The van der Waals surface area contributed by atoms with Crippen LogP contribution in [-0.2, 0) is 9.53 Å². The largest absolute Gasteiger partial charge is 0.394 e. The van der Waals surface area contributed by atoms with Crippen LogP contribution in [-0.4, -0.2) is 55.7 Å². The van der Waals surface area contributed by atoms with Crippen LogP contribution < -0.4 is 11.0 Å². The van der Waals surface area contributed by atoms with Crippen molar-refractivity contribution >= 4 is 11.7 Å². The molecule has 1 saturated heterocycles. The number of anilines is 1. The van der Waals surface area contributed by atoms with Crippen molar-refractivity contribution in [1.82, 2.24) is 9.55 Å². The van der Waals surface area contributed by atoms with Gasteiger partial charge in [-0.05, 0) is 6.07 Å². The number of aliphatic hydroxyl groups excluding tert-OH is 3. The van der Waals surface area contributed by atoms with E-state index in [4.69, 9.17) is 9.84 Å². The highest BCUT2D eigenvalue weighted by atomic mass is 16.6. The molecule has 1 aromatic rings. The number of aromatic nitrogens is 2. The summed E-state index contributed by atoms with van der Waals surface area (Å²) in [6.07, 6.45) is -3.50. The number of nitrogens with one attached hydrogen (secondary N) is 1. The van der Waals surface area contributed by atoms with E-state index < -0.39 is 36.8 Å². The lowest BCUT2D eigenvalue weighted by atomic mass is 10.1. The predicted molar refractivity (Wildman–Crippen MR) is 65.8 cm³/mol. The summed E-state index contributed by atoms with van der Waals surface area (Å²) in [6, 6.07) is 1.36. The van der Waals surface area contributed by atoms with Crippen molar-refractivity contribution in [2.75, 3.05) is 11.9 Å². The summed E-state index contributed by atoms with van der Waals surface area (Å²) in [6.45, 7) is 0.792. The molecule has 1 amide bonds. The van der Waals surface area contributed by atoms with E-state index in [2.05, 4.69) is 10.3 Å². The number of hydrogen-bond acceptors (Lipinski definition) is 7. The molecule has 4 atom stereocenters. The Kier molecular flexibility index (Phi) is 4.14. The number of aliphatic hydroxyl groups is 3. The summed E-state index contributed by atoms with van der Waals surface area (Å²) < 4.78 is 6.19. The molecule has 0 aromatic carbocycles. The maximum Gasteiger partial charge on any atom is 0.351 e. The lowest BCUT2D eigenvalue weighted by Gasteiger charge is -2.17. The van der Waals surface area contributed by atoms with Crippen molar-refractivity contribution in [3.63, 3.8) is 0 Å². The van der Waals surface area contributed by atoms with E-state index in [1.165, 1.54) is 19.2 Å². The number of nitrogens with zero attached hydrogens (tertiary/aromatic N) is 2. The summed E-state index contributed by atoms with van der Waals surface area (Å²) in [7, 11) is 0. The third-order valence-corrected chi connectivity index (χ3v) is 2.93. The van der Waals surface area contributed by atoms with Gasteiger partial charge < -0.3 is 25.4 Å². The van der Waals surface area contributed by atoms with Gasteiger partial charge in [0.15, 0.2) is 6.23 Å². The van der Waals surface area contributed by atoms with Crippen molar-refractivity contribution in [2.45, 2.75) is 31.5 Å². The Labute approximate surface area is 113 Å². The fourth-order valence-electron chi connectivity index (χ4n) is 1.97. The molecule has 0 radical (unpaired) electrons. The molecule has 0 unspecified atom stereocenters. The summed E-state index contributed by atoms with van der Waals surface area (Å²) in [4.78, 5) is 26.3. The lowest BCUT2D eigenvalue weighted by Crippen LogP contribution is -2.36. The summed E-state index contributed by atoms with van der Waals surface area (Å²) in [5.41, 5.74) is -0.758. The molecule has 4 N–H and O–H groups in total. The highest BCUT2D eigenvalue weighted by Gasteiger charge is 2.43. The molecule has 2 rings (SSSR count). The number of amides is 1. The van der Waals surface area contributed by atoms with Crippen molar-refractivity contribution in [3.05, 3.63) is 22.7 Å². The van der Waals surface area contributed by atoms with E-state index in [-0.39, 0.29) is 11.7 Å². The van der Waals surface area contributed by atoms with Crippen LogP contribution in [0.5, 0.6) is 0 Å². The van der Waals surface area contributed by atoms with Crippen LogP contribution in [0.3, 0.4) is 0 Å². The van der Waals surface area contributed by atoms with Gasteiger partial charge in [0, 0.05) is 13.1 Å². The smallest absolute Gasteiger partial charge is 0.351 e. The monoisotopic (exact) mass is 285 g/mol. The van der Waals surface area contributed by atoms with Crippen LogP contribution >= 0.6 is 0 Å². The van der Waals surface area contributed by atoms with E-state index in [0.29, 0.717) is 0 Å². The number of ether oxygens (including phenoxy) is 1. The van der Waals surface area contributed by atoms with Gasteiger partial charge in [0.05, 0.1) is 6.61 Å². The van der Waals surface area contributed by atoms with Gasteiger partial charge in [-0.1, -0.05) is 0 Å². The van der Waals surface area contributed by atoms with Crippen LogP contribution in [0.25, 0.3) is 0 Å². The topological polar surface area (TPSA) is 134 Å². The second-order valence-electron chi connectivity index (χ2n) is 4.41. The van der Waals surface area contributed by atoms with Crippen molar-refractivity contribution in [3.8, 4) is 0 Å². The summed E-state index contributed by atoms with van der Waals surface area (Å²) >= 11 is 0. The van der Waals surface area contributed by atoms with Gasteiger partial charge in [0.2, 0.25) is 5.91 Å². The van der Waals surface area contributed by atoms with Gasteiger partial charge in [-0.3, -0.25) is 9.36 Å². The molecule has 1 aromatic heterocycles. The van der Waals surface area contributed by atoms with E-state index in [1.807, 2.05) is 0 Å². The molecule has 9 heteroatoms. The van der Waals surface area contributed by atoms with Crippen molar-refractivity contribution < 1.29 is 24.9 Å². The van der Waals surface area contributed by atoms with Crippen LogP contribution in [0.15, 0.2) is 17.1 Å². The Bertz CT molecular complexity index is 559. The molecule has 0 bridgehead atoms.